The lowest BCUT2D eigenvalue weighted by atomic mass is 9.74. The summed E-state index contributed by atoms with van der Waals surface area (Å²) in [5.41, 5.74) is 1.02. The summed E-state index contributed by atoms with van der Waals surface area (Å²) in [4.78, 5) is 12.0. The van der Waals surface area contributed by atoms with Crippen LogP contribution in [-0.2, 0) is 16.8 Å². The third-order valence-electron chi connectivity index (χ3n) is 3.86. The molecule has 1 aliphatic heterocycles. The van der Waals surface area contributed by atoms with Crippen LogP contribution < -0.4 is 4.74 Å². The van der Waals surface area contributed by atoms with Gasteiger partial charge in [-0.3, -0.25) is 4.79 Å². The summed E-state index contributed by atoms with van der Waals surface area (Å²) in [6.45, 7) is 2.01. The Morgan fingerprint density at radius 2 is 1.90 bits per heavy atom. The number of carboxylic acids is 1. The molecule has 0 spiro atoms. The standard InChI is InChI=1S/C16H13ClO3/c1-16(15(18)19)11-6-3-2-5-10(11)9-20-14-12(16)7-4-8-13(14)17/h2-8H,9H2,1H3,(H,18,19). The molecule has 1 heterocycles. The molecule has 4 heteroatoms. The zero-order chi connectivity index (χ0) is 14.3. The van der Waals surface area contributed by atoms with Gasteiger partial charge in [0.25, 0.3) is 0 Å². The van der Waals surface area contributed by atoms with Crippen molar-refractivity contribution in [3.63, 3.8) is 0 Å². The number of benzene rings is 2. The number of para-hydroxylation sites is 1. The molecule has 0 radical (unpaired) electrons. The quantitative estimate of drug-likeness (QED) is 0.872. The van der Waals surface area contributed by atoms with Gasteiger partial charge in [-0.05, 0) is 24.1 Å². The first kappa shape index (κ1) is 13.0. The molecule has 0 amide bonds. The molecule has 3 rings (SSSR count). The van der Waals surface area contributed by atoms with Gasteiger partial charge < -0.3 is 9.84 Å². The second-order valence-electron chi connectivity index (χ2n) is 4.99. The van der Waals surface area contributed by atoms with Crippen molar-refractivity contribution in [1.29, 1.82) is 0 Å². The van der Waals surface area contributed by atoms with Crippen LogP contribution in [0.4, 0.5) is 0 Å². The number of halogens is 1. The molecule has 1 unspecified atom stereocenters. The molecule has 102 valence electrons. The van der Waals surface area contributed by atoms with Crippen LogP contribution in [0.5, 0.6) is 5.75 Å². The first-order valence-electron chi connectivity index (χ1n) is 6.28. The molecule has 1 N–H and O–H groups in total. The van der Waals surface area contributed by atoms with Crippen molar-refractivity contribution < 1.29 is 14.6 Å². The second kappa shape index (κ2) is 4.53. The Balaban J connectivity index is 2.37. The van der Waals surface area contributed by atoms with Crippen LogP contribution in [-0.4, -0.2) is 11.1 Å². The summed E-state index contributed by atoms with van der Waals surface area (Å²) in [7, 11) is 0. The van der Waals surface area contributed by atoms with Crippen molar-refractivity contribution in [2.45, 2.75) is 18.9 Å². The number of carboxylic acid groups (broad SMARTS) is 1. The van der Waals surface area contributed by atoms with E-state index in [0.29, 0.717) is 22.9 Å². The van der Waals surface area contributed by atoms with Gasteiger partial charge in [-0.1, -0.05) is 48.0 Å². The minimum Gasteiger partial charge on any atom is -0.487 e. The van der Waals surface area contributed by atoms with Gasteiger partial charge in [0.15, 0.2) is 0 Å². The van der Waals surface area contributed by atoms with Crippen molar-refractivity contribution in [2.24, 2.45) is 0 Å². The van der Waals surface area contributed by atoms with Crippen LogP contribution in [0.2, 0.25) is 5.02 Å². The summed E-state index contributed by atoms with van der Waals surface area (Å²) in [5.74, 6) is -0.464. The second-order valence-corrected chi connectivity index (χ2v) is 5.40. The average molecular weight is 289 g/mol. The van der Waals surface area contributed by atoms with Crippen LogP contribution in [0.25, 0.3) is 0 Å². The fourth-order valence-corrected chi connectivity index (χ4v) is 2.94. The fraction of sp³-hybridized carbons (Fsp3) is 0.188. The lowest BCUT2D eigenvalue weighted by Crippen LogP contribution is -2.34. The van der Waals surface area contributed by atoms with E-state index in [1.54, 1.807) is 25.1 Å². The Kier molecular flexibility index (Phi) is 2.94. The monoisotopic (exact) mass is 288 g/mol. The summed E-state index contributed by atoms with van der Waals surface area (Å²) in [5, 5.41) is 10.2. The third-order valence-corrected chi connectivity index (χ3v) is 4.16. The van der Waals surface area contributed by atoms with E-state index in [1.165, 1.54) is 0 Å². The van der Waals surface area contributed by atoms with Crippen LogP contribution in [0.3, 0.4) is 0 Å². The van der Waals surface area contributed by atoms with E-state index in [4.69, 9.17) is 16.3 Å². The molecule has 1 aliphatic rings. The first-order valence-corrected chi connectivity index (χ1v) is 6.66. The van der Waals surface area contributed by atoms with E-state index < -0.39 is 11.4 Å². The van der Waals surface area contributed by atoms with Gasteiger partial charge in [0.1, 0.15) is 17.8 Å². The Morgan fingerprint density at radius 3 is 2.65 bits per heavy atom. The highest BCUT2D eigenvalue weighted by molar-refractivity contribution is 6.32. The SMILES string of the molecule is CC1(C(=O)O)c2ccccc2COc2c(Cl)cccc21. The minimum absolute atomic E-state index is 0.315. The smallest absolute Gasteiger partial charge is 0.318 e. The van der Waals surface area contributed by atoms with E-state index in [-0.39, 0.29) is 0 Å². The lowest BCUT2D eigenvalue weighted by molar-refractivity contribution is -0.141. The number of carbonyl (C=O) groups is 1. The maximum absolute atomic E-state index is 12.0. The first-order chi connectivity index (χ1) is 9.55. The highest BCUT2D eigenvalue weighted by Crippen LogP contribution is 2.44. The Hall–Kier alpha value is -2.00. The van der Waals surface area contributed by atoms with Crippen LogP contribution >= 0.6 is 11.6 Å². The Morgan fingerprint density at radius 1 is 1.20 bits per heavy atom. The number of rotatable bonds is 1. The average Bonchev–Trinajstić information content (AvgIpc) is 2.57. The predicted octanol–water partition coefficient (Wildman–Crippen LogP) is 3.62. The van der Waals surface area contributed by atoms with E-state index in [1.807, 2.05) is 24.3 Å². The molecule has 3 nitrogen and oxygen atoms in total. The molecule has 0 fully saturated rings. The van der Waals surface area contributed by atoms with Gasteiger partial charge in [-0.2, -0.15) is 0 Å². The molecule has 0 aliphatic carbocycles. The molecule has 0 saturated heterocycles. The maximum Gasteiger partial charge on any atom is 0.318 e. The summed E-state index contributed by atoms with van der Waals surface area (Å²) in [6.07, 6.45) is 0. The topological polar surface area (TPSA) is 46.5 Å². The molecule has 0 saturated carbocycles. The van der Waals surface area contributed by atoms with Gasteiger partial charge in [-0.15, -0.1) is 0 Å². The van der Waals surface area contributed by atoms with E-state index in [0.717, 1.165) is 11.1 Å². The van der Waals surface area contributed by atoms with Crippen molar-refractivity contribution in [3.05, 3.63) is 64.2 Å². The number of hydrogen-bond acceptors (Lipinski definition) is 2. The van der Waals surface area contributed by atoms with Crippen molar-refractivity contribution in [3.8, 4) is 5.75 Å². The number of ether oxygens (including phenoxy) is 1. The number of aliphatic carboxylic acids is 1. The van der Waals surface area contributed by atoms with Crippen LogP contribution in [0.1, 0.15) is 23.6 Å². The molecule has 1 atom stereocenters. The maximum atomic E-state index is 12.0. The summed E-state index contributed by atoms with van der Waals surface area (Å²) in [6, 6.07) is 12.7. The Labute approximate surface area is 121 Å². The highest BCUT2D eigenvalue weighted by atomic mass is 35.5. The van der Waals surface area contributed by atoms with Gasteiger partial charge in [-0.25, -0.2) is 0 Å². The highest BCUT2D eigenvalue weighted by Gasteiger charge is 2.43. The molecule has 20 heavy (non-hydrogen) atoms. The van der Waals surface area contributed by atoms with Gasteiger partial charge in [0, 0.05) is 5.56 Å². The van der Waals surface area contributed by atoms with E-state index >= 15 is 0 Å². The predicted molar refractivity (Wildman–Crippen MR) is 76.3 cm³/mol. The Bertz CT molecular complexity index is 696. The van der Waals surface area contributed by atoms with E-state index in [9.17, 15) is 9.90 Å². The molecule has 0 aromatic heterocycles. The lowest BCUT2D eigenvalue weighted by Gasteiger charge is -2.26. The fourth-order valence-electron chi connectivity index (χ4n) is 2.71. The molecule has 0 bridgehead atoms. The van der Waals surface area contributed by atoms with Gasteiger partial charge in [0.05, 0.1) is 5.02 Å². The summed E-state index contributed by atoms with van der Waals surface area (Å²) < 4.78 is 5.76. The van der Waals surface area contributed by atoms with Gasteiger partial charge in [0.2, 0.25) is 0 Å². The summed E-state index contributed by atoms with van der Waals surface area (Å²) >= 11 is 6.17. The molecular weight excluding hydrogens is 276 g/mol. The van der Waals surface area contributed by atoms with Crippen LogP contribution in [0, 0.1) is 0 Å². The minimum atomic E-state index is -1.17. The zero-order valence-electron chi connectivity index (χ0n) is 10.9. The van der Waals surface area contributed by atoms with Crippen molar-refractivity contribution in [1.82, 2.24) is 0 Å². The number of fused-ring (bicyclic) bond motifs is 2. The van der Waals surface area contributed by atoms with E-state index in [2.05, 4.69) is 0 Å². The van der Waals surface area contributed by atoms with Crippen molar-refractivity contribution in [2.75, 3.05) is 0 Å². The zero-order valence-corrected chi connectivity index (χ0v) is 11.6. The van der Waals surface area contributed by atoms with Crippen molar-refractivity contribution >= 4 is 17.6 Å². The normalized spacial score (nSPS) is 20.3. The molecule has 2 aromatic rings. The third kappa shape index (κ3) is 1.70. The van der Waals surface area contributed by atoms with Crippen LogP contribution in [0.15, 0.2) is 42.5 Å². The van der Waals surface area contributed by atoms with Gasteiger partial charge >= 0.3 is 5.97 Å². The largest absolute Gasteiger partial charge is 0.487 e. The number of hydrogen-bond donors (Lipinski definition) is 1. The molecular formula is C16H13ClO3. The molecule has 2 aromatic carbocycles.